The fourth-order valence-corrected chi connectivity index (χ4v) is 2.31. The molecule has 4 heteroatoms. The van der Waals surface area contributed by atoms with Gasteiger partial charge in [-0.15, -0.1) is 0 Å². The Bertz CT molecular complexity index is 558. The summed E-state index contributed by atoms with van der Waals surface area (Å²) in [5, 5.41) is 14.3. The Morgan fingerprint density at radius 3 is 2.67 bits per heavy atom. The molecule has 2 aromatic rings. The maximum atomic E-state index is 9.81. The lowest BCUT2D eigenvalue weighted by molar-refractivity contribution is 0.198. The van der Waals surface area contributed by atoms with Crippen LogP contribution >= 0.6 is 0 Å². The molecule has 0 saturated heterocycles. The molecule has 2 heterocycles. The molecule has 0 unspecified atom stereocenters. The topological polar surface area (TPSA) is 50.9 Å². The molecule has 1 atom stereocenters. The van der Waals surface area contributed by atoms with Crippen molar-refractivity contribution in [1.82, 2.24) is 14.8 Å². The van der Waals surface area contributed by atoms with E-state index < -0.39 is 6.10 Å². The Morgan fingerprint density at radius 2 is 2.11 bits per heavy atom. The van der Waals surface area contributed by atoms with E-state index in [2.05, 4.69) is 17.0 Å². The summed E-state index contributed by atoms with van der Waals surface area (Å²) in [6.07, 6.45) is 2.13. The van der Waals surface area contributed by atoms with Gasteiger partial charge >= 0.3 is 0 Å². The van der Waals surface area contributed by atoms with Crippen LogP contribution in [0.2, 0.25) is 0 Å². The van der Waals surface area contributed by atoms with E-state index in [0.717, 1.165) is 23.4 Å². The van der Waals surface area contributed by atoms with Gasteiger partial charge in [0.15, 0.2) is 5.82 Å². The molecule has 0 radical (unpaired) electrons. The molecule has 4 nitrogen and oxygen atoms in total. The Morgan fingerprint density at radius 1 is 1.39 bits per heavy atom. The second kappa shape index (κ2) is 4.90. The van der Waals surface area contributed by atoms with Gasteiger partial charge in [0.05, 0.1) is 11.8 Å². The average Bonchev–Trinajstić information content (AvgIpc) is 2.64. The zero-order valence-corrected chi connectivity index (χ0v) is 11.3. The predicted octanol–water partition coefficient (Wildman–Crippen LogP) is 2.50. The molecular weight excluding hydrogens is 226 g/mol. The second-order valence-electron chi connectivity index (χ2n) is 4.51. The fraction of sp³-hybridized carbons (Fsp3) is 0.429. The van der Waals surface area contributed by atoms with E-state index in [1.54, 1.807) is 13.1 Å². The highest BCUT2D eigenvalue weighted by Crippen LogP contribution is 2.23. The van der Waals surface area contributed by atoms with Gasteiger partial charge in [0.25, 0.3) is 0 Å². The number of aliphatic hydroxyl groups excluding tert-OH is 1. The molecule has 96 valence electrons. The number of aryl methyl sites for hydroxylation is 1. The summed E-state index contributed by atoms with van der Waals surface area (Å²) in [6.45, 7) is 7.91. The van der Waals surface area contributed by atoms with Crippen LogP contribution < -0.4 is 0 Å². The zero-order chi connectivity index (χ0) is 13.3. The number of hydrogen-bond donors (Lipinski definition) is 1. The predicted molar refractivity (Wildman–Crippen MR) is 70.8 cm³/mol. The van der Waals surface area contributed by atoms with Gasteiger partial charge in [0.1, 0.15) is 0 Å². The molecular formula is C14H19N3O. The summed E-state index contributed by atoms with van der Waals surface area (Å²) >= 11 is 0. The van der Waals surface area contributed by atoms with Gasteiger partial charge in [-0.1, -0.05) is 13.0 Å². The van der Waals surface area contributed by atoms with E-state index in [1.807, 2.05) is 30.7 Å². The van der Waals surface area contributed by atoms with Crippen LogP contribution in [0, 0.1) is 13.8 Å². The van der Waals surface area contributed by atoms with Gasteiger partial charge in [0, 0.05) is 17.5 Å². The highest BCUT2D eigenvalue weighted by atomic mass is 16.3. The number of pyridine rings is 1. The van der Waals surface area contributed by atoms with Crippen molar-refractivity contribution in [3.05, 3.63) is 40.8 Å². The summed E-state index contributed by atoms with van der Waals surface area (Å²) in [5.74, 6) is 0.716. The molecule has 18 heavy (non-hydrogen) atoms. The normalized spacial score (nSPS) is 12.7. The Kier molecular flexibility index (Phi) is 3.48. The van der Waals surface area contributed by atoms with Crippen molar-refractivity contribution < 1.29 is 5.11 Å². The minimum absolute atomic E-state index is 0.553. The van der Waals surface area contributed by atoms with Gasteiger partial charge in [-0.25, -0.2) is 9.67 Å². The highest BCUT2D eigenvalue weighted by molar-refractivity contribution is 5.39. The first-order valence-corrected chi connectivity index (χ1v) is 6.24. The lowest BCUT2D eigenvalue weighted by Gasteiger charge is -2.12. The minimum atomic E-state index is -0.553. The first kappa shape index (κ1) is 12.8. The number of nitrogens with zero attached hydrogens (tertiary/aromatic N) is 3. The third kappa shape index (κ3) is 2.04. The third-order valence-corrected chi connectivity index (χ3v) is 3.26. The molecule has 0 fully saturated rings. The number of rotatable bonds is 3. The third-order valence-electron chi connectivity index (χ3n) is 3.26. The minimum Gasteiger partial charge on any atom is -0.389 e. The number of hydrogen-bond acceptors (Lipinski definition) is 3. The smallest absolute Gasteiger partial charge is 0.159 e. The van der Waals surface area contributed by atoms with Crippen LogP contribution in [-0.2, 0) is 6.42 Å². The average molecular weight is 245 g/mol. The van der Waals surface area contributed by atoms with Gasteiger partial charge in [-0.2, -0.15) is 5.10 Å². The van der Waals surface area contributed by atoms with Crippen molar-refractivity contribution in [2.75, 3.05) is 0 Å². The van der Waals surface area contributed by atoms with Crippen LogP contribution in [0.5, 0.6) is 0 Å². The van der Waals surface area contributed by atoms with E-state index in [9.17, 15) is 5.11 Å². The molecule has 2 aromatic heterocycles. The lowest BCUT2D eigenvalue weighted by atomic mass is 10.1. The molecule has 0 bridgehead atoms. The summed E-state index contributed by atoms with van der Waals surface area (Å²) in [7, 11) is 0. The van der Waals surface area contributed by atoms with Crippen LogP contribution in [0.4, 0.5) is 0 Å². The zero-order valence-electron chi connectivity index (χ0n) is 11.3. The molecule has 0 aromatic carbocycles. The summed E-state index contributed by atoms with van der Waals surface area (Å²) < 4.78 is 1.83. The monoisotopic (exact) mass is 245 g/mol. The van der Waals surface area contributed by atoms with Gasteiger partial charge < -0.3 is 5.11 Å². The van der Waals surface area contributed by atoms with Crippen LogP contribution in [0.25, 0.3) is 5.82 Å². The molecule has 0 spiro atoms. The van der Waals surface area contributed by atoms with Crippen LogP contribution in [-0.4, -0.2) is 19.9 Å². The van der Waals surface area contributed by atoms with Gasteiger partial charge in [-0.05, 0) is 38.8 Å². The number of aromatic nitrogens is 3. The van der Waals surface area contributed by atoms with Crippen LogP contribution in [0.3, 0.4) is 0 Å². The molecule has 2 rings (SSSR count). The largest absolute Gasteiger partial charge is 0.389 e. The van der Waals surface area contributed by atoms with E-state index in [1.165, 1.54) is 5.56 Å². The van der Waals surface area contributed by atoms with Crippen LogP contribution in [0.15, 0.2) is 18.3 Å². The van der Waals surface area contributed by atoms with E-state index in [-0.39, 0.29) is 0 Å². The van der Waals surface area contributed by atoms with Crippen molar-refractivity contribution in [2.24, 2.45) is 0 Å². The highest BCUT2D eigenvalue weighted by Gasteiger charge is 2.16. The first-order chi connectivity index (χ1) is 8.56. The van der Waals surface area contributed by atoms with Crippen molar-refractivity contribution in [2.45, 2.75) is 40.2 Å². The van der Waals surface area contributed by atoms with Crippen molar-refractivity contribution in [3.8, 4) is 5.82 Å². The standard InChI is InChI=1S/C14H19N3O/c1-5-12-9(2)16-17(10(12)3)14-13(11(4)18)7-6-8-15-14/h6-8,11,18H,5H2,1-4H3/t11-/m0/s1. The van der Waals surface area contributed by atoms with Crippen LogP contribution in [0.1, 0.15) is 42.5 Å². The Balaban J connectivity index is 2.63. The molecule has 0 aliphatic heterocycles. The number of aliphatic hydroxyl groups is 1. The molecule has 0 aliphatic carbocycles. The Hall–Kier alpha value is -1.68. The first-order valence-electron chi connectivity index (χ1n) is 6.24. The molecule has 0 saturated carbocycles. The molecule has 0 aliphatic rings. The summed E-state index contributed by atoms with van der Waals surface area (Å²) in [5.41, 5.74) is 4.16. The maximum Gasteiger partial charge on any atom is 0.159 e. The fourth-order valence-electron chi connectivity index (χ4n) is 2.31. The lowest BCUT2D eigenvalue weighted by Crippen LogP contribution is -2.08. The van der Waals surface area contributed by atoms with Crippen molar-refractivity contribution in [3.63, 3.8) is 0 Å². The van der Waals surface area contributed by atoms with E-state index >= 15 is 0 Å². The van der Waals surface area contributed by atoms with Crippen molar-refractivity contribution in [1.29, 1.82) is 0 Å². The second-order valence-corrected chi connectivity index (χ2v) is 4.51. The Labute approximate surface area is 107 Å². The van der Waals surface area contributed by atoms with E-state index in [0.29, 0.717) is 5.82 Å². The summed E-state index contributed by atoms with van der Waals surface area (Å²) in [6, 6.07) is 3.72. The SMILES string of the molecule is CCc1c(C)nn(-c2ncccc2[C@H](C)O)c1C. The quantitative estimate of drug-likeness (QED) is 0.904. The van der Waals surface area contributed by atoms with Gasteiger partial charge in [0.2, 0.25) is 0 Å². The molecule has 1 N–H and O–H groups in total. The molecule has 0 amide bonds. The van der Waals surface area contributed by atoms with E-state index in [4.69, 9.17) is 0 Å². The summed E-state index contributed by atoms with van der Waals surface area (Å²) in [4.78, 5) is 4.36. The van der Waals surface area contributed by atoms with Gasteiger partial charge in [-0.3, -0.25) is 0 Å². The van der Waals surface area contributed by atoms with Crippen molar-refractivity contribution >= 4 is 0 Å². The maximum absolute atomic E-state index is 9.81.